The van der Waals surface area contributed by atoms with Gasteiger partial charge in [-0.25, -0.2) is 9.03 Å². The van der Waals surface area contributed by atoms with Crippen molar-refractivity contribution >= 4 is 17.0 Å². The molecule has 0 amide bonds. The monoisotopic (exact) mass is 362 g/mol. The quantitative estimate of drug-likeness (QED) is 0.599. The molecule has 1 aliphatic heterocycles. The van der Waals surface area contributed by atoms with Gasteiger partial charge < -0.3 is 14.8 Å². The summed E-state index contributed by atoms with van der Waals surface area (Å²) in [6, 6.07) is 8.55. The van der Waals surface area contributed by atoms with Gasteiger partial charge in [0.15, 0.2) is 0 Å². The second-order valence-electron chi connectivity index (χ2n) is 7.12. The average Bonchev–Trinajstić information content (AvgIpc) is 3.20. The number of fused-ring (bicyclic) bond motifs is 3. The Hall–Kier alpha value is -3.13. The van der Waals surface area contributed by atoms with E-state index in [4.69, 9.17) is 9.47 Å². The lowest BCUT2D eigenvalue weighted by atomic mass is 10.1. The van der Waals surface area contributed by atoms with Crippen LogP contribution in [0.25, 0.3) is 22.2 Å². The number of hydrogen-bond acceptors (Lipinski definition) is 6. The zero-order chi connectivity index (χ0) is 18.0. The third-order valence-electron chi connectivity index (χ3n) is 5.63. The molecular formula is C19H18N6O2. The minimum atomic E-state index is 0.403. The Balaban J connectivity index is 1.41. The van der Waals surface area contributed by atoms with E-state index < -0.39 is 0 Å². The van der Waals surface area contributed by atoms with Crippen LogP contribution in [0.3, 0.4) is 0 Å². The molecule has 1 saturated heterocycles. The number of hydrogen-bond donors (Lipinski definition) is 1. The maximum atomic E-state index is 5.60. The van der Waals surface area contributed by atoms with Crippen LogP contribution in [0.15, 0.2) is 42.9 Å². The summed E-state index contributed by atoms with van der Waals surface area (Å²) in [5, 5.41) is 12.3. The van der Waals surface area contributed by atoms with Gasteiger partial charge in [-0.2, -0.15) is 10.1 Å². The van der Waals surface area contributed by atoms with Crippen LogP contribution >= 0.6 is 0 Å². The highest BCUT2D eigenvalue weighted by Gasteiger charge is 2.54. The summed E-state index contributed by atoms with van der Waals surface area (Å²) in [4.78, 5) is 4.61. The third-order valence-corrected chi connectivity index (χ3v) is 5.63. The van der Waals surface area contributed by atoms with Crippen molar-refractivity contribution in [2.75, 3.05) is 25.6 Å². The smallest absolute Gasteiger partial charge is 0.244 e. The van der Waals surface area contributed by atoms with Crippen LogP contribution in [0.2, 0.25) is 0 Å². The summed E-state index contributed by atoms with van der Waals surface area (Å²) in [5.74, 6) is 2.31. The number of rotatable bonds is 4. The van der Waals surface area contributed by atoms with Gasteiger partial charge in [0, 0.05) is 42.0 Å². The van der Waals surface area contributed by atoms with Gasteiger partial charge in [0.1, 0.15) is 5.52 Å². The van der Waals surface area contributed by atoms with Gasteiger partial charge in [0.25, 0.3) is 0 Å². The zero-order valence-electron chi connectivity index (χ0n) is 14.7. The Labute approximate surface area is 154 Å². The van der Waals surface area contributed by atoms with E-state index in [1.807, 2.05) is 39.6 Å². The van der Waals surface area contributed by atoms with E-state index in [9.17, 15) is 0 Å². The van der Waals surface area contributed by atoms with Gasteiger partial charge >= 0.3 is 0 Å². The highest BCUT2D eigenvalue weighted by atomic mass is 16.5. The molecule has 136 valence electrons. The first-order valence-electron chi connectivity index (χ1n) is 9.03. The number of aromatic nitrogens is 5. The van der Waals surface area contributed by atoms with Gasteiger partial charge in [0.2, 0.25) is 11.8 Å². The molecular weight excluding hydrogens is 344 g/mol. The molecule has 1 aliphatic carbocycles. The molecule has 2 fully saturated rings. The molecule has 0 spiro atoms. The van der Waals surface area contributed by atoms with Gasteiger partial charge in [-0.3, -0.25) is 0 Å². The molecule has 4 aromatic rings. The van der Waals surface area contributed by atoms with Crippen LogP contribution < -0.4 is 10.1 Å². The minimum Gasteiger partial charge on any atom is -0.479 e. The largest absolute Gasteiger partial charge is 0.479 e. The van der Waals surface area contributed by atoms with E-state index in [1.165, 1.54) is 0 Å². The predicted octanol–water partition coefficient (Wildman–Crippen LogP) is 2.11. The molecule has 8 heteroatoms. The van der Waals surface area contributed by atoms with E-state index >= 15 is 0 Å². The minimum absolute atomic E-state index is 0.403. The number of methoxy groups -OCH3 is 1. The molecule has 1 N–H and O–H groups in total. The molecule has 6 rings (SSSR count). The molecule has 2 aliphatic rings. The van der Waals surface area contributed by atoms with E-state index in [2.05, 4.69) is 26.6 Å². The van der Waals surface area contributed by atoms with E-state index in [1.54, 1.807) is 13.3 Å². The van der Waals surface area contributed by atoms with Crippen molar-refractivity contribution in [2.45, 2.75) is 6.04 Å². The molecule has 4 aromatic heterocycles. The van der Waals surface area contributed by atoms with Crippen LogP contribution in [0.4, 0.5) is 5.95 Å². The molecule has 0 radical (unpaired) electrons. The lowest BCUT2D eigenvalue weighted by molar-refractivity contribution is 0.162. The fraction of sp³-hybridized carbons (Fsp3) is 0.316. The maximum absolute atomic E-state index is 5.60. The van der Waals surface area contributed by atoms with Gasteiger partial charge in [-0.05, 0) is 29.8 Å². The fourth-order valence-electron chi connectivity index (χ4n) is 4.12. The summed E-state index contributed by atoms with van der Waals surface area (Å²) >= 11 is 0. The summed E-state index contributed by atoms with van der Waals surface area (Å²) < 4.78 is 14.7. The van der Waals surface area contributed by atoms with Crippen molar-refractivity contribution in [3.63, 3.8) is 0 Å². The van der Waals surface area contributed by atoms with Crippen molar-refractivity contribution < 1.29 is 9.47 Å². The highest BCUT2D eigenvalue weighted by Crippen LogP contribution is 2.45. The Kier molecular flexibility index (Phi) is 3.01. The van der Waals surface area contributed by atoms with Gasteiger partial charge in [-0.15, -0.1) is 5.10 Å². The van der Waals surface area contributed by atoms with Crippen LogP contribution in [0.1, 0.15) is 0 Å². The first-order valence-corrected chi connectivity index (χ1v) is 9.03. The SMILES string of the molecule is COc1nc(NC2C3COCC32)nn2ccc(-c3ccn4nccc4c3)c12. The summed E-state index contributed by atoms with van der Waals surface area (Å²) in [6.07, 6.45) is 5.68. The Morgan fingerprint density at radius 3 is 2.85 bits per heavy atom. The molecule has 0 bridgehead atoms. The fourth-order valence-corrected chi connectivity index (χ4v) is 4.12. The van der Waals surface area contributed by atoms with Crippen LogP contribution in [-0.2, 0) is 4.74 Å². The zero-order valence-corrected chi connectivity index (χ0v) is 14.7. The number of pyridine rings is 1. The summed E-state index contributed by atoms with van der Waals surface area (Å²) in [6.45, 7) is 1.65. The molecule has 5 heterocycles. The van der Waals surface area contributed by atoms with Gasteiger partial charge in [0.05, 0.1) is 25.8 Å². The molecule has 2 unspecified atom stereocenters. The Morgan fingerprint density at radius 2 is 2.00 bits per heavy atom. The van der Waals surface area contributed by atoms with E-state index in [-0.39, 0.29) is 0 Å². The average molecular weight is 362 g/mol. The van der Waals surface area contributed by atoms with Crippen LogP contribution in [0, 0.1) is 11.8 Å². The van der Waals surface area contributed by atoms with Crippen molar-refractivity contribution in [2.24, 2.45) is 11.8 Å². The van der Waals surface area contributed by atoms with Crippen LogP contribution in [-0.4, -0.2) is 50.6 Å². The standard InChI is InChI=1S/C19H18N6O2/c1-26-18-17-13(11-3-6-24-12(8-11)2-5-20-24)4-7-25(17)23-19(22-18)21-16-14-9-27-10-15(14)16/h2-8,14-16H,9-10H2,1H3,(H,21,23). The molecule has 2 atom stereocenters. The van der Waals surface area contributed by atoms with Crippen molar-refractivity contribution in [3.8, 4) is 17.0 Å². The maximum Gasteiger partial charge on any atom is 0.244 e. The highest BCUT2D eigenvalue weighted by molar-refractivity contribution is 5.85. The summed E-state index contributed by atoms with van der Waals surface area (Å²) in [7, 11) is 1.64. The lowest BCUT2D eigenvalue weighted by Crippen LogP contribution is -2.16. The second kappa shape index (κ2) is 5.43. The number of nitrogens with zero attached hydrogens (tertiary/aromatic N) is 5. The molecule has 1 saturated carbocycles. The second-order valence-corrected chi connectivity index (χ2v) is 7.12. The summed E-state index contributed by atoms with van der Waals surface area (Å²) in [5.41, 5.74) is 3.99. The van der Waals surface area contributed by atoms with Crippen LogP contribution in [0.5, 0.6) is 5.88 Å². The normalized spacial score (nSPS) is 23.7. The third kappa shape index (κ3) is 2.23. The van der Waals surface area contributed by atoms with Crippen molar-refractivity contribution in [1.82, 2.24) is 24.2 Å². The lowest BCUT2D eigenvalue weighted by Gasteiger charge is -2.11. The first kappa shape index (κ1) is 15.0. The number of ether oxygens (including phenoxy) is 2. The topological polar surface area (TPSA) is 78.0 Å². The number of anilines is 1. The predicted molar refractivity (Wildman–Crippen MR) is 98.9 cm³/mol. The first-order chi connectivity index (χ1) is 13.3. The Bertz CT molecular complexity index is 1160. The van der Waals surface area contributed by atoms with Crippen molar-refractivity contribution in [1.29, 1.82) is 0 Å². The Morgan fingerprint density at radius 1 is 1.15 bits per heavy atom. The molecule has 27 heavy (non-hydrogen) atoms. The van der Waals surface area contributed by atoms with Crippen molar-refractivity contribution in [3.05, 3.63) is 42.9 Å². The molecule has 0 aromatic carbocycles. The van der Waals surface area contributed by atoms with E-state index in [0.29, 0.717) is 29.7 Å². The number of nitrogens with one attached hydrogen (secondary N) is 1. The molecule has 8 nitrogen and oxygen atoms in total. The van der Waals surface area contributed by atoms with Gasteiger partial charge in [-0.1, -0.05) is 0 Å². The van der Waals surface area contributed by atoms with E-state index in [0.717, 1.165) is 35.4 Å².